The Bertz CT molecular complexity index is 804. The van der Waals surface area contributed by atoms with E-state index in [2.05, 4.69) is 5.32 Å². The number of hydrogen-bond donors (Lipinski definition) is 1. The van der Waals surface area contributed by atoms with Gasteiger partial charge in [-0.1, -0.05) is 25.8 Å². The Balaban J connectivity index is 1.70. The van der Waals surface area contributed by atoms with Gasteiger partial charge in [-0.15, -0.1) is 0 Å². The van der Waals surface area contributed by atoms with Gasteiger partial charge in [-0.25, -0.2) is 9.69 Å². The van der Waals surface area contributed by atoms with Crippen molar-refractivity contribution in [1.29, 1.82) is 0 Å². The zero-order valence-corrected chi connectivity index (χ0v) is 15.9. The van der Waals surface area contributed by atoms with Crippen molar-refractivity contribution >= 4 is 29.4 Å². The minimum Gasteiger partial charge on any atom is -0.325 e. The first-order chi connectivity index (χ1) is 12.8. The molecule has 3 rings (SSSR count). The number of hydrogen-bond acceptors (Lipinski definition) is 4. The Morgan fingerprint density at radius 1 is 1.07 bits per heavy atom. The van der Waals surface area contributed by atoms with Gasteiger partial charge in [0, 0.05) is 11.7 Å². The Kier molecular flexibility index (Phi) is 5.30. The van der Waals surface area contributed by atoms with Gasteiger partial charge in [-0.05, 0) is 55.9 Å². The topological polar surface area (TPSA) is 86.8 Å². The third kappa shape index (κ3) is 3.72. The second kappa shape index (κ2) is 7.50. The highest BCUT2D eigenvalue weighted by Crippen LogP contribution is 2.31. The largest absolute Gasteiger partial charge is 0.334 e. The normalized spacial score (nSPS) is 23.1. The van der Waals surface area contributed by atoms with Crippen LogP contribution in [0.5, 0.6) is 0 Å². The number of urea groups is 1. The van der Waals surface area contributed by atoms with E-state index in [1.807, 2.05) is 32.9 Å². The molecule has 2 atom stereocenters. The Morgan fingerprint density at radius 3 is 2.44 bits per heavy atom. The van der Waals surface area contributed by atoms with Crippen LogP contribution < -0.4 is 5.32 Å². The van der Waals surface area contributed by atoms with Crippen molar-refractivity contribution in [1.82, 2.24) is 9.80 Å². The standard InChI is InChI=1S/C20H25N3O4/c1-12-8-9-15(10-14(12)3)21-17(24)11-22-18(25)19(26)23(20(22)27)16-7-5-4-6-13(16)2/h8-10,13,16H,4-7,11H2,1-3H3,(H,21,24)/t13-,16+/m1/s1. The van der Waals surface area contributed by atoms with Crippen LogP contribution in [0.1, 0.15) is 43.7 Å². The average molecular weight is 371 g/mol. The fourth-order valence-electron chi connectivity index (χ4n) is 3.80. The number of aryl methyl sites for hydroxylation is 2. The highest BCUT2D eigenvalue weighted by atomic mass is 16.2. The van der Waals surface area contributed by atoms with Gasteiger partial charge in [0.2, 0.25) is 5.91 Å². The molecule has 1 saturated heterocycles. The van der Waals surface area contributed by atoms with E-state index >= 15 is 0 Å². The lowest BCUT2D eigenvalue weighted by Crippen LogP contribution is -2.46. The first-order valence-corrected chi connectivity index (χ1v) is 9.35. The van der Waals surface area contributed by atoms with Crippen molar-refractivity contribution in [2.75, 3.05) is 11.9 Å². The van der Waals surface area contributed by atoms with Crippen molar-refractivity contribution in [3.63, 3.8) is 0 Å². The number of amides is 5. The molecule has 0 bridgehead atoms. The van der Waals surface area contributed by atoms with E-state index in [1.165, 1.54) is 0 Å². The second-order valence-electron chi connectivity index (χ2n) is 7.53. The Labute approximate surface area is 158 Å². The molecule has 1 aliphatic heterocycles. The lowest BCUT2D eigenvalue weighted by atomic mass is 9.85. The molecule has 0 spiro atoms. The van der Waals surface area contributed by atoms with Gasteiger partial charge in [0.05, 0.1) is 0 Å². The first-order valence-electron chi connectivity index (χ1n) is 9.35. The number of carbonyl (C=O) groups is 4. The summed E-state index contributed by atoms with van der Waals surface area (Å²) in [6, 6.07) is 4.51. The first kappa shape index (κ1) is 19.1. The summed E-state index contributed by atoms with van der Waals surface area (Å²) in [5.41, 5.74) is 2.71. The maximum atomic E-state index is 12.7. The molecule has 1 saturated carbocycles. The Morgan fingerprint density at radius 2 is 1.78 bits per heavy atom. The van der Waals surface area contributed by atoms with Crippen LogP contribution in [-0.2, 0) is 14.4 Å². The third-order valence-corrected chi connectivity index (χ3v) is 5.57. The zero-order valence-electron chi connectivity index (χ0n) is 15.9. The predicted molar refractivity (Wildman–Crippen MR) is 99.9 cm³/mol. The van der Waals surface area contributed by atoms with E-state index in [0.29, 0.717) is 12.1 Å². The highest BCUT2D eigenvalue weighted by Gasteiger charge is 2.49. The van der Waals surface area contributed by atoms with E-state index in [0.717, 1.165) is 40.2 Å². The third-order valence-electron chi connectivity index (χ3n) is 5.57. The molecule has 7 heteroatoms. The molecule has 1 heterocycles. The van der Waals surface area contributed by atoms with E-state index in [-0.39, 0.29) is 12.0 Å². The van der Waals surface area contributed by atoms with Crippen LogP contribution >= 0.6 is 0 Å². The van der Waals surface area contributed by atoms with Gasteiger partial charge in [0.25, 0.3) is 0 Å². The maximum Gasteiger partial charge on any atom is 0.334 e. The fourth-order valence-corrected chi connectivity index (χ4v) is 3.80. The molecule has 27 heavy (non-hydrogen) atoms. The van der Waals surface area contributed by atoms with Crippen LogP contribution in [-0.4, -0.2) is 46.1 Å². The number of rotatable bonds is 4. The van der Waals surface area contributed by atoms with Gasteiger partial charge in [0.1, 0.15) is 6.54 Å². The highest BCUT2D eigenvalue weighted by molar-refractivity contribution is 6.45. The number of benzene rings is 1. The van der Waals surface area contributed by atoms with E-state index in [1.54, 1.807) is 6.07 Å². The summed E-state index contributed by atoms with van der Waals surface area (Å²) in [6.07, 6.45) is 3.61. The predicted octanol–water partition coefficient (Wildman–Crippen LogP) is 2.61. The molecule has 0 aromatic heterocycles. The maximum absolute atomic E-state index is 12.7. The molecule has 144 valence electrons. The molecule has 2 fully saturated rings. The van der Waals surface area contributed by atoms with Crippen LogP contribution in [0.2, 0.25) is 0 Å². The molecule has 5 amide bonds. The van der Waals surface area contributed by atoms with Gasteiger partial charge >= 0.3 is 17.8 Å². The second-order valence-corrected chi connectivity index (χ2v) is 7.53. The number of anilines is 1. The summed E-state index contributed by atoms with van der Waals surface area (Å²) in [4.78, 5) is 51.5. The van der Waals surface area contributed by atoms with Crippen LogP contribution in [0.25, 0.3) is 0 Å². The van der Waals surface area contributed by atoms with Crippen LogP contribution in [0.4, 0.5) is 10.5 Å². The van der Waals surface area contributed by atoms with Gasteiger partial charge in [-0.3, -0.25) is 19.3 Å². The number of imide groups is 2. The number of nitrogens with one attached hydrogen (secondary N) is 1. The van der Waals surface area contributed by atoms with Crippen molar-refractivity contribution in [3.05, 3.63) is 29.3 Å². The minimum atomic E-state index is -0.923. The number of carbonyl (C=O) groups excluding carboxylic acids is 4. The molecule has 1 aromatic carbocycles. The molecule has 0 radical (unpaired) electrons. The van der Waals surface area contributed by atoms with Crippen LogP contribution in [0.3, 0.4) is 0 Å². The molecule has 1 N–H and O–H groups in total. The summed E-state index contributed by atoms with van der Waals surface area (Å²) in [7, 11) is 0. The van der Waals surface area contributed by atoms with Crippen LogP contribution in [0.15, 0.2) is 18.2 Å². The van der Waals surface area contributed by atoms with Gasteiger partial charge < -0.3 is 5.32 Å². The van der Waals surface area contributed by atoms with E-state index in [4.69, 9.17) is 0 Å². The van der Waals surface area contributed by atoms with E-state index in [9.17, 15) is 19.2 Å². The monoisotopic (exact) mass is 371 g/mol. The summed E-state index contributed by atoms with van der Waals surface area (Å²) < 4.78 is 0. The fraction of sp³-hybridized carbons (Fsp3) is 0.500. The van der Waals surface area contributed by atoms with Crippen molar-refractivity contribution in [2.24, 2.45) is 5.92 Å². The molecular weight excluding hydrogens is 346 g/mol. The zero-order chi connectivity index (χ0) is 19.7. The molecule has 1 aromatic rings. The Hall–Kier alpha value is -2.70. The smallest absolute Gasteiger partial charge is 0.325 e. The average Bonchev–Trinajstić information content (AvgIpc) is 2.82. The molecule has 1 aliphatic carbocycles. The van der Waals surface area contributed by atoms with Gasteiger partial charge in [0.15, 0.2) is 0 Å². The molecular formula is C20H25N3O4. The molecule has 2 aliphatic rings. The SMILES string of the molecule is Cc1ccc(NC(=O)CN2C(=O)C(=O)N([C@H]3CCCC[C@H]3C)C2=O)cc1C. The van der Waals surface area contributed by atoms with Gasteiger partial charge in [-0.2, -0.15) is 0 Å². The summed E-state index contributed by atoms with van der Waals surface area (Å²) in [5.74, 6) is -2.10. The summed E-state index contributed by atoms with van der Waals surface area (Å²) >= 11 is 0. The van der Waals surface area contributed by atoms with Crippen molar-refractivity contribution in [3.8, 4) is 0 Å². The van der Waals surface area contributed by atoms with Crippen LogP contribution in [0, 0.1) is 19.8 Å². The summed E-state index contributed by atoms with van der Waals surface area (Å²) in [6.45, 7) is 5.42. The van der Waals surface area contributed by atoms with Crippen molar-refractivity contribution < 1.29 is 19.2 Å². The lowest BCUT2D eigenvalue weighted by Gasteiger charge is -2.34. The quantitative estimate of drug-likeness (QED) is 0.651. The van der Waals surface area contributed by atoms with E-state index < -0.39 is 30.3 Å². The minimum absolute atomic E-state index is 0.156. The van der Waals surface area contributed by atoms with Crippen molar-refractivity contribution in [2.45, 2.75) is 52.5 Å². The molecule has 0 unspecified atom stereocenters. The number of nitrogens with zero attached hydrogens (tertiary/aromatic N) is 2. The molecule has 7 nitrogen and oxygen atoms in total. The summed E-state index contributed by atoms with van der Waals surface area (Å²) in [5, 5.41) is 2.68. The lowest BCUT2D eigenvalue weighted by molar-refractivity contribution is -0.145.